The van der Waals surface area contributed by atoms with Crippen molar-refractivity contribution in [2.45, 2.75) is 57.2 Å². The number of likely N-dealkylation sites (tertiary alicyclic amines) is 1. The van der Waals surface area contributed by atoms with Gasteiger partial charge in [0.05, 0.1) is 6.54 Å². The molecule has 1 saturated carbocycles. The van der Waals surface area contributed by atoms with Gasteiger partial charge in [-0.3, -0.25) is 24.6 Å². The summed E-state index contributed by atoms with van der Waals surface area (Å²) in [5.41, 5.74) is 1.48. The standard InChI is InChI=1S/C24H27N3O4/c28-22-10-9-21(23(29)25-22)27-14-17-13-18(7-8-20(17)24(27)30)31-19-4-2-12-26(15-19)11-1-3-16-5-6-16/h7-8,13,16,19,21H,2,4-6,9-12,14-15H2,(H,25,28,29). The summed E-state index contributed by atoms with van der Waals surface area (Å²) >= 11 is 0. The molecule has 0 bridgehead atoms. The normalized spacial score (nSPS) is 26.2. The van der Waals surface area contributed by atoms with E-state index in [2.05, 4.69) is 22.1 Å². The predicted octanol–water partition coefficient (Wildman–Crippen LogP) is 1.70. The Balaban J connectivity index is 1.21. The number of amides is 3. The number of carbonyl (C=O) groups excluding carboxylic acids is 3. The molecular formula is C24H27N3O4. The number of ether oxygens (including phenoxy) is 1. The van der Waals surface area contributed by atoms with Gasteiger partial charge in [-0.15, -0.1) is 0 Å². The van der Waals surface area contributed by atoms with Crippen molar-refractivity contribution < 1.29 is 19.1 Å². The number of carbonyl (C=O) groups is 3. The quantitative estimate of drug-likeness (QED) is 0.592. The first-order chi connectivity index (χ1) is 15.1. The van der Waals surface area contributed by atoms with Gasteiger partial charge in [0.15, 0.2) is 0 Å². The van der Waals surface area contributed by atoms with Crippen molar-refractivity contribution in [3.05, 3.63) is 29.3 Å². The van der Waals surface area contributed by atoms with Gasteiger partial charge in [-0.1, -0.05) is 11.8 Å². The van der Waals surface area contributed by atoms with E-state index in [0.717, 1.165) is 43.8 Å². The summed E-state index contributed by atoms with van der Waals surface area (Å²) in [5.74, 6) is 7.19. The Morgan fingerprint density at radius 3 is 2.81 bits per heavy atom. The molecule has 2 atom stereocenters. The molecule has 4 aliphatic rings. The molecule has 1 N–H and O–H groups in total. The molecule has 1 aromatic carbocycles. The highest BCUT2D eigenvalue weighted by atomic mass is 16.5. The van der Waals surface area contributed by atoms with E-state index in [1.807, 2.05) is 12.1 Å². The molecular weight excluding hydrogens is 394 g/mol. The van der Waals surface area contributed by atoms with Crippen molar-refractivity contribution >= 4 is 17.7 Å². The molecule has 162 valence electrons. The molecule has 7 heteroatoms. The van der Waals surface area contributed by atoms with Crippen molar-refractivity contribution in [3.63, 3.8) is 0 Å². The Bertz CT molecular complexity index is 975. The zero-order valence-corrected chi connectivity index (χ0v) is 17.6. The monoisotopic (exact) mass is 421 g/mol. The lowest BCUT2D eigenvalue weighted by Crippen LogP contribution is -2.52. The minimum absolute atomic E-state index is 0.109. The summed E-state index contributed by atoms with van der Waals surface area (Å²) in [4.78, 5) is 40.4. The van der Waals surface area contributed by atoms with E-state index in [1.165, 1.54) is 12.8 Å². The highest BCUT2D eigenvalue weighted by molar-refractivity contribution is 6.05. The molecule has 2 unspecified atom stereocenters. The van der Waals surface area contributed by atoms with Gasteiger partial charge in [-0.2, -0.15) is 0 Å². The summed E-state index contributed by atoms with van der Waals surface area (Å²) in [6.45, 7) is 3.08. The summed E-state index contributed by atoms with van der Waals surface area (Å²) in [6.07, 6.45) is 5.33. The van der Waals surface area contributed by atoms with E-state index in [1.54, 1.807) is 11.0 Å². The highest BCUT2D eigenvalue weighted by Crippen LogP contribution is 2.31. The number of fused-ring (bicyclic) bond motifs is 1. The molecule has 0 radical (unpaired) electrons. The predicted molar refractivity (Wildman–Crippen MR) is 113 cm³/mol. The maximum absolute atomic E-state index is 12.8. The van der Waals surface area contributed by atoms with Crippen LogP contribution in [0.2, 0.25) is 0 Å². The van der Waals surface area contributed by atoms with Gasteiger partial charge in [0.25, 0.3) is 5.91 Å². The summed E-state index contributed by atoms with van der Waals surface area (Å²) in [6, 6.07) is 4.97. The van der Waals surface area contributed by atoms with Crippen molar-refractivity contribution in [1.29, 1.82) is 0 Å². The van der Waals surface area contributed by atoms with Crippen LogP contribution in [-0.2, 0) is 16.1 Å². The molecule has 1 aromatic rings. The summed E-state index contributed by atoms with van der Waals surface area (Å²) < 4.78 is 6.26. The number of hydrogen-bond donors (Lipinski definition) is 1. The zero-order chi connectivity index (χ0) is 21.4. The van der Waals surface area contributed by atoms with E-state index in [-0.39, 0.29) is 30.2 Å². The van der Waals surface area contributed by atoms with Crippen molar-refractivity contribution in [1.82, 2.24) is 15.1 Å². The minimum Gasteiger partial charge on any atom is -0.489 e. The lowest BCUT2D eigenvalue weighted by Gasteiger charge is -2.31. The van der Waals surface area contributed by atoms with Gasteiger partial charge >= 0.3 is 0 Å². The molecule has 3 amide bonds. The van der Waals surface area contributed by atoms with Crippen LogP contribution >= 0.6 is 0 Å². The molecule has 0 aromatic heterocycles. The number of rotatable bonds is 4. The van der Waals surface area contributed by atoms with Gasteiger partial charge < -0.3 is 9.64 Å². The molecule has 1 aliphatic carbocycles. The largest absolute Gasteiger partial charge is 0.489 e. The SMILES string of the molecule is O=C1CCC(N2Cc3cc(OC4CCCN(CC#CC5CC5)C4)ccc3C2=O)C(=O)N1. The number of imide groups is 1. The first-order valence-corrected chi connectivity index (χ1v) is 11.2. The summed E-state index contributed by atoms with van der Waals surface area (Å²) in [5, 5.41) is 2.34. The number of piperidine rings is 2. The van der Waals surface area contributed by atoms with E-state index >= 15 is 0 Å². The lowest BCUT2D eigenvalue weighted by molar-refractivity contribution is -0.136. The fourth-order valence-electron chi connectivity index (χ4n) is 4.60. The number of nitrogens with one attached hydrogen (secondary N) is 1. The van der Waals surface area contributed by atoms with Crippen LogP contribution in [0.3, 0.4) is 0 Å². The highest BCUT2D eigenvalue weighted by Gasteiger charge is 2.39. The number of nitrogens with zero attached hydrogens (tertiary/aromatic N) is 2. The molecule has 3 fully saturated rings. The van der Waals surface area contributed by atoms with Crippen LogP contribution in [0.15, 0.2) is 18.2 Å². The fraction of sp³-hybridized carbons (Fsp3) is 0.542. The maximum atomic E-state index is 12.8. The van der Waals surface area contributed by atoms with Crippen LogP contribution in [0.5, 0.6) is 5.75 Å². The third-order valence-electron chi connectivity index (χ3n) is 6.45. The third kappa shape index (κ3) is 4.45. The Labute approximate surface area is 182 Å². The number of hydrogen-bond acceptors (Lipinski definition) is 5. The molecule has 2 saturated heterocycles. The Morgan fingerprint density at radius 2 is 2.00 bits per heavy atom. The Kier molecular flexibility index (Phi) is 5.41. The Morgan fingerprint density at radius 1 is 1.13 bits per heavy atom. The van der Waals surface area contributed by atoms with Crippen LogP contribution in [0.25, 0.3) is 0 Å². The van der Waals surface area contributed by atoms with Crippen LogP contribution in [0.4, 0.5) is 0 Å². The molecule has 5 rings (SSSR count). The van der Waals surface area contributed by atoms with Crippen LogP contribution < -0.4 is 10.1 Å². The second kappa shape index (κ2) is 8.35. The van der Waals surface area contributed by atoms with Crippen LogP contribution in [0, 0.1) is 17.8 Å². The van der Waals surface area contributed by atoms with Crippen molar-refractivity contribution in [2.24, 2.45) is 5.92 Å². The maximum Gasteiger partial charge on any atom is 0.255 e. The van der Waals surface area contributed by atoms with Gasteiger partial charge in [0.2, 0.25) is 11.8 Å². The average Bonchev–Trinajstić information content (AvgIpc) is 3.51. The second-order valence-corrected chi connectivity index (χ2v) is 8.93. The van der Waals surface area contributed by atoms with Crippen LogP contribution in [-0.4, -0.2) is 59.3 Å². The first-order valence-electron chi connectivity index (χ1n) is 11.2. The van der Waals surface area contributed by atoms with Crippen molar-refractivity contribution in [3.8, 4) is 17.6 Å². The molecule has 0 spiro atoms. The second-order valence-electron chi connectivity index (χ2n) is 8.93. The lowest BCUT2D eigenvalue weighted by atomic mass is 10.0. The molecule has 7 nitrogen and oxygen atoms in total. The topological polar surface area (TPSA) is 79.0 Å². The van der Waals surface area contributed by atoms with Crippen LogP contribution in [0.1, 0.15) is 54.4 Å². The van der Waals surface area contributed by atoms with E-state index in [9.17, 15) is 14.4 Å². The fourth-order valence-corrected chi connectivity index (χ4v) is 4.60. The Hall–Kier alpha value is -2.85. The molecule has 3 heterocycles. The van der Waals surface area contributed by atoms with Crippen molar-refractivity contribution in [2.75, 3.05) is 19.6 Å². The number of benzene rings is 1. The van der Waals surface area contributed by atoms with Gasteiger partial charge in [0, 0.05) is 31.0 Å². The first kappa shape index (κ1) is 20.1. The zero-order valence-electron chi connectivity index (χ0n) is 17.6. The smallest absolute Gasteiger partial charge is 0.255 e. The van der Waals surface area contributed by atoms with E-state index in [4.69, 9.17) is 4.74 Å². The molecule has 31 heavy (non-hydrogen) atoms. The average molecular weight is 421 g/mol. The van der Waals surface area contributed by atoms with E-state index in [0.29, 0.717) is 24.4 Å². The molecule has 3 aliphatic heterocycles. The third-order valence-corrected chi connectivity index (χ3v) is 6.45. The van der Waals surface area contributed by atoms with Gasteiger partial charge in [0.1, 0.15) is 17.9 Å². The minimum atomic E-state index is -0.592. The van der Waals surface area contributed by atoms with E-state index < -0.39 is 6.04 Å². The van der Waals surface area contributed by atoms with Gasteiger partial charge in [-0.05, 0) is 62.4 Å². The van der Waals surface area contributed by atoms with Gasteiger partial charge in [-0.25, -0.2) is 0 Å². The summed E-state index contributed by atoms with van der Waals surface area (Å²) in [7, 11) is 0.